The number of anilines is 1. The van der Waals surface area contributed by atoms with Crippen molar-refractivity contribution in [2.75, 3.05) is 5.32 Å². The van der Waals surface area contributed by atoms with Crippen LogP contribution in [0.2, 0.25) is 0 Å². The summed E-state index contributed by atoms with van der Waals surface area (Å²) in [5.74, 6) is 0.617. The van der Waals surface area contributed by atoms with Crippen LogP contribution in [-0.4, -0.2) is 9.97 Å². The first-order chi connectivity index (χ1) is 9.81. The van der Waals surface area contributed by atoms with Gasteiger partial charge in [0.05, 0.1) is 6.04 Å². The van der Waals surface area contributed by atoms with E-state index in [0.717, 1.165) is 26.8 Å². The van der Waals surface area contributed by atoms with E-state index >= 15 is 0 Å². The Morgan fingerprint density at radius 2 is 2.14 bits per heavy atom. The van der Waals surface area contributed by atoms with Gasteiger partial charge in [-0.2, -0.15) is 13.2 Å². The molecular weight excluding hydrogens is 367 g/mol. The molecule has 0 spiro atoms. The third-order valence-corrected chi connectivity index (χ3v) is 4.68. The van der Waals surface area contributed by atoms with Crippen LogP contribution in [0.25, 0.3) is 0 Å². The second kappa shape index (κ2) is 6.31. The Hall–Kier alpha value is -1.15. The van der Waals surface area contributed by atoms with Gasteiger partial charge >= 0.3 is 6.18 Å². The first-order valence-electron chi connectivity index (χ1n) is 6.22. The zero-order chi connectivity index (χ0) is 15.6. The average Bonchev–Trinajstić information content (AvgIpc) is 2.89. The normalized spacial score (nSPS) is 13.2. The number of hydrogen-bond donors (Lipinski definition) is 1. The Balaban J connectivity index is 2.19. The number of thiazole rings is 1. The predicted molar refractivity (Wildman–Crippen MR) is 80.4 cm³/mol. The van der Waals surface area contributed by atoms with Crippen LogP contribution in [0.15, 0.2) is 22.1 Å². The van der Waals surface area contributed by atoms with Crippen LogP contribution in [0.1, 0.15) is 35.7 Å². The lowest BCUT2D eigenvalue weighted by atomic mass is 10.2. The fourth-order valence-electron chi connectivity index (χ4n) is 1.71. The summed E-state index contributed by atoms with van der Waals surface area (Å²) in [6.45, 7) is 3.81. The highest BCUT2D eigenvalue weighted by atomic mass is 79.9. The van der Waals surface area contributed by atoms with Crippen LogP contribution in [-0.2, 0) is 6.18 Å². The van der Waals surface area contributed by atoms with Crippen molar-refractivity contribution >= 4 is 33.1 Å². The standard InChI is InChI=1S/C13H13BrF3N3S/c1-3-9(12-20-10(6-21-12)13(15,16)17)19-11-4-7(2)8(14)5-18-11/h4-6,9H,3H2,1-2H3,(H,18,19). The number of nitrogens with one attached hydrogen (secondary N) is 1. The van der Waals surface area contributed by atoms with Gasteiger partial charge < -0.3 is 5.32 Å². The lowest BCUT2D eigenvalue weighted by molar-refractivity contribution is -0.140. The minimum absolute atomic E-state index is 0.292. The molecule has 2 rings (SSSR count). The smallest absolute Gasteiger partial charge is 0.361 e. The summed E-state index contributed by atoms with van der Waals surface area (Å²) in [4.78, 5) is 7.89. The summed E-state index contributed by atoms with van der Waals surface area (Å²) < 4.78 is 38.7. The van der Waals surface area contributed by atoms with E-state index in [1.165, 1.54) is 0 Å². The van der Waals surface area contributed by atoms with Gasteiger partial charge in [-0.25, -0.2) is 9.97 Å². The van der Waals surface area contributed by atoms with E-state index in [2.05, 4.69) is 31.2 Å². The summed E-state index contributed by atoms with van der Waals surface area (Å²) >= 11 is 4.36. The Kier molecular flexibility index (Phi) is 4.88. The van der Waals surface area contributed by atoms with Crippen molar-refractivity contribution in [1.82, 2.24) is 9.97 Å². The van der Waals surface area contributed by atoms with Crippen molar-refractivity contribution in [3.8, 4) is 0 Å². The Morgan fingerprint density at radius 3 is 2.67 bits per heavy atom. The lowest BCUT2D eigenvalue weighted by Crippen LogP contribution is -2.12. The molecule has 8 heteroatoms. The molecule has 0 aromatic carbocycles. The second-order valence-electron chi connectivity index (χ2n) is 4.49. The number of alkyl halides is 3. The third-order valence-electron chi connectivity index (χ3n) is 2.89. The molecule has 0 saturated carbocycles. The zero-order valence-electron chi connectivity index (χ0n) is 11.3. The molecule has 0 aliphatic rings. The quantitative estimate of drug-likeness (QED) is 0.793. The van der Waals surface area contributed by atoms with Gasteiger partial charge in [-0.3, -0.25) is 0 Å². The number of rotatable bonds is 4. The summed E-state index contributed by atoms with van der Waals surface area (Å²) in [5.41, 5.74) is 0.153. The zero-order valence-corrected chi connectivity index (χ0v) is 13.7. The number of hydrogen-bond acceptors (Lipinski definition) is 4. The van der Waals surface area contributed by atoms with Crippen LogP contribution in [0, 0.1) is 6.92 Å². The van der Waals surface area contributed by atoms with Crippen molar-refractivity contribution in [3.05, 3.63) is 38.4 Å². The molecule has 0 saturated heterocycles. The first-order valence-corrected chi connectivity index (χ1v) is 7.89. The summed E-state index contributed by atoms with van der Waals surface area (Å²) in [5, 5.41) is 4.58. The minimum Gasteiger partial charge on any atom is -0.361 e. The van der Waals surface area contributed by atoms with E-state index in [9.17, 15) is 13.2 Å². The fraction of sp³-hybridized carbons (Fsp3) is 0.385. The molecule has 21 heavy (non-hydrogen) atoms. The molecule has 3 nitrogen and oxygen atoms in total. The molecule has 2 heterocycles. The molecule has 1 N–H and O–H groups in total. The predicted octanol–water partition coefficient (Wildman–Crippen LogP) is 5.19. The molecular formula is C13H13BrF3N3S. The Morgan fingerprint density at radius 1 is 1.43 bits per heavy atom. The van der Waals surface area contributed by atoms with E-state index in [1.807, 2.05) is 19.9 Å². The van der Waals surface area contributed by atoms with Gasteiger partial charge in [0.2, 0.25) is 0 Å². The summed E-state index contributed by atoms with van der Waals surface area (Å²) in [6, 6.07) is 1.55. The molecule has 2 aromatic heterocycles. The maximum atomic E-state index is 12.6. The molecule has 0 aliphatic carbocycles. The molecule has 114 valence electrons. The highest BCUT2D eigenvalue weighted by molar-refractivity contribution is 9.10. The van der Waals surface area contributed by atoms with Gasteiger partial charge in [0.1, 0.15) is 10.8 Å². The molecule has 1 atom stereocenters. The summed E-state index contributed by atoms with van der Waals surface area (Å²) in [6.07, 6.45) is -2.13. The molecule has 0 fully saturated rings. The van der Waals surface area contributed by atoms with Gasteiger partial charge in [-0.05, 0) is 40.9 Å². The van der Waals surface area contributed by atoms with Gasteiger partial charge in [0, 0.05) is 16.0 Å². The van der Waals surface area contributed by atoms with Gasteiger partial charge in [-0.15, -0.1) is 11.3 Å². The van der Waals surface area contributed by atoms with Crippen LogP contribution in [0.3, 0.4) is 0 Å². The van der Waals surface area contributed by atoms with E-state index < -0.39 is 11.9 Å². The van der Waals surface area contributed by atoms with Gasteiger partial charge in [-0.1, -0.05) is 6.92 Å². The highest BCUT2D eigenvalue weighted by Gasteiger charge is 2.34. The first kappa shape index (κ1) is 16.2. The number of aryl methyl sites for hydroxylation is 1. The van der Waals surface area contributed by atoms with Crippen molar-refractivity contribution < 1.29 is 13.2 Å². The summed E-state index contributed by atoms with van der Waals surface area (Å²) in [7, 11) is 0. The number of nitrogens with zero attached hydrogens (tertiary/aromatic N) is 2. The van der Waals surface area contributed by atoms with Crippen molar-refractivity contribution in [1.29, 1.82) is 0 Å². The third kappa shape index (κ3) is 3.94. The monoisotopic (exact) mass is 379 g/mol. The molecule has 0 aliphatic heterocycles. The highest BCUT2D eigenvalue weighted by Crippen LogP contribution is 2.33. The number of halogens is 4. The van der Waals surface area contributed by atoms with Crippen LogP contribution in [0.4, 0.5) is 19.0 Å². The molecule has 0 bridgehead atoms. The van der Waals surface area contributed by atoms with Gasteiger partial charge in [0.15, 0.2) is 5.69 Å². The molecule has 2 aromatic rings. The lowest BCUT2D eigenvalue weighted by Gasteiger charge is -2.15. The molecule has 0 amide bonds. The van der Waals surface area contributed by atoms with Crippen molar-refractivity contribution in [2.45, 2.75) is 32.5 Å². The van der Waals surface area contributed by atoms with Crippen LogP contribution < -0.4 is 5.32 Å². The van der Waals surface area contributed by atoms with Crippen molar-refractivity contribution in [3.63, 3.8) is 0 Å². The van der Waals surface area contributed by atoms with Crippen LogP contribution >= 0.6 is 27.3 Å². The fourth-order valence-corrected chi connectivity index (χ4v) is 2.89. The second-order valence-corrected chi connectivity index (χ2v) is 6.24. The van der Waals surface area contributed by atoms with Crippen molar-refractivity contribution in [2.24, 2.45) is 0 Å². The number of pyridine rings is 1. The van der Waals surface area contributed by atoms with E-state index in [-0.39, 0.29) is 6.04 Å². The van der Waals surface area contributed by atoms with Crippen LogP contribution in [0.5, 0.6) is 0 Å². The van der Waals surface area contributed by atoms with E-state index in [0.29, 0.717) is 17.2 Å². The minimum atomic E-state index is -4.40. The average molecular weight is 380 g/mol. The number of aromatic nitrogens is 2. The topological polar surface area (TPSA) is 37.8 Å². The molecule has 1 unspecified atom stereocenters. The van der Waals surface area contributed by atoms with E-state index in [4.69, 9.17) is 0 Å². The maximum absolute atomic E-state index is 12.6. The molecule has 0 radical (unpaired) electrons. The Bertz CT molecular complexity index is 627. The SMILES string of the molecule is CCC(Nc1cc(C)c(Br)cn1)c1nc(C(F)(F)F)cs1. The largest absolute Gasteiger partial charge is 0.434 e. The Labute approximate surface area is 132 Å². The maximum Gasteiger partial charge on any atom is 0.434 e. The van der Waals surface area contributed by atoms with E-state index in [1.54, 1.807) is 6.20 Å². The van der Waals surface area contributed by atoms with Gasteiger partial charge in [0.25, 0.3) is 0 Å².